The summed E-state index contributed by atoms with van der Waals surface area (Å²) in [4.78, 5) is 0. The first-order valence-corrected chi connectivity index (χ1v) is 7.56. The van der Waals surface area contributed by atoms with Crippen LogP contribution in [0.5, 0.6) is 5.75 Å². The Morgan fingerprint density at radius 2 is 2.00 bits per heavy atom. The molecule has 0 saturated carbocycles. The van der Waals surface area contributed by atoms with E-state index in [2.05, 4.69) is 31.9 Å². The van der Waals surface area contributed by atoms with Crippen molar-refractivity contribution in [1.82, 2.24) is 0 Å². The molecule has 0 radical (unpaired) electrons. The molecule has 0 aromatic heterocycles. The van der Waals surface area contributed by atoms with E-state index in [-0.39, 0.29) is 5.82 Å². The number of ether oxygens (including phenoxy) is 1. The zero-order chi connectivity index (χ0) is 14.7. The van der Waals surface area contributed by atoms with Gasteiger partial charge in [-0.2, -0.15) is 0 Å². The van der Waals surface area contributed by atoms with E-state index < -0.39 is 6.10 Å². The molecular weight excluding hydrogens is 391 g/mol. The summed E-state index contributed by atoms with van der Waals surface area (Å²) in [5.74, 6) is 0.374. The molecule has 0 spiro atoms. The molecule has 2 aromatic carbocycles. The van der Waals surface area contributed by atoms with E-state index in [1.54, 1.807) is 37.4 Å². The fourth-order valence-electron chi connectivity index (χ4n) is 1.92. The van der Waals surface area contributed by atoms with Crippen molar-refractivity contribution in [3.63, 3.8) is 0 Å². The van der Waals surface area contributed by atoms with Gasteiger partial charge in [-0.1, -0.05) is 18.2 Å². The van der Waals surface area contributed by atoms with Crippen molar-refractivity contribution >= 4 is 31.9 Å². The second-order valence-electron chi connectivity index (χ2n) is 4.33. The average Bonchev–Trinajstić information content (AvgIpc) is 2.43. The van der Waals surface area contributed by atoms with Crippen molar-refractivity contribution < 1.29 is 14.2 Å². The highest BCUT2D eigenvalue weighted by Crippen LogP contribution is 2.30. The summed E-state index contributed by atoms with van der Waals surface area (Å²) in [7, 11) is 1.58. The van der Waals surface area contributed by atoms with Crippen LogP contribution in [0.2, 0.25) is 0 Å². The first-order valence-electron chi connectivity index (χ1n) is 5.97. The van der Waals surface area contributed by atoms with Crippen LogP contribution in [0.1, 0.15) is 17.2 Å². The van der Waals surface area contributed by atoms with Crippen LogP contribution in [0, 0.1) is 5.82 Å². The SMILES string of the molecule is COc1ccc(C(O)Cc2cccc(F)c2Br)cc1Br. The van der Waals surface area contributed by atoms with Gasteiger partial charge < -0.3 is 9.84 Å². The van der Waals surface area contributed by atoms with Crippen molar-refractivity contribution in [3.8, 4) is 5.75 Å². The van der Waals surface area contributed by atoms with E-state index in [1.807, 2.05) is 0 Å². The summed E-state index contributed by atoms with van der Waals surface area (Å²) >= 11 is 6.58. The molecular formula is C15H13Br2FO2. The van der Waals surface area contributed by atoms with E-state index in [4.69, 9.17) is 4.74 Å². The van der Waals surface area contributed by atoms with Crippen LogP contribution in [0.15, 0.2) is 45.3 Å². The summed E-state index contributed by atoms with van der Waals surface area (Å²) in [6.07, 6.45) is -0.382. The lowest BCUT2D eigenvalue weighted by Gasteiger charge is -2.14. The van der Waals surface area contributed by atoms with Gasteiger partial charge >= 0.3 is 0 Å². The van der Waals surface area contributed by atoms with Crippen molar-refractivity contribution in [2.45, 2.75) is 12.5 Å². The molecule has 1 atom stereocenters. The Hall–Kier alpha value is -0.910. The maximum atomic E-state index is 13.4. The van der Waals surface area contributed by atoms with E-state index >= 15 is 0 Å². The molecule has 0 heterocycles. The summed E-state index contributed by atoms with van der Waals surface area (Å²) < 4.78 is 19.8. The number of methoxy groups -OCH3 is 1. The molecule has 0 fully saturated rings. The predicted molar refractivity (Wildman–Crippen MR) is 83.5 cm³/mol. The first-order chi connectivity index (χ1) is 9.52. The van der Waals surface area contributed by atoms with Crippen LogP contribution in [0.4, 0.5) is 4.39 Å². The van der Waals surface area contributed by atoms with Crippen molar-refractivity contribution in [1.29, 1.82) is 0 Å². The lowest BCUT2D eigenvalue weighted by atomic mass is 10.0. The zero-order valence-corrected chi connectivity index (χ0v) is 13.9. The topological polar surface area (TPSA) is 29.5 Å². The Labute approximate surface area is 133 Å². The quantitative estimate of drug-likeness (QED) is 0.805. The summed E-state index contributed by atoms with van der Waals surface area (Å²) in [6.45, 7) is 0. The van der Waals surface area contributed by atoms with Crippen LogP contribution >= 0.6 is 31.9 Å². The van der Waals surface area contributed by atoms with Gasteiger partial charge in [-0.15, -0.1) is 0 Å². The van der Waals surface area contributed by atoms with Crippen LogP contribution < -0.4 is 4.74 Å². The molecule has 5 heteroatoms. The van der Waals surface area contributed by atoms with E-state index in [0.717, 1.165) is 15.6 Å². The van der Waals surface area contributed by atoms with Gasteiger partial charge in [0.15, 0.2) is 0 Å². The predicted octanol–water partition coefficient (Wildman–Crippen LogP) is 4.64. The molecule has 2 rings (SSSR count). The second-order valence-corrected chi connectivity index (χ2v) is 5.97. The highest BCUT2D eigenvalue weighted by atomic mass is 79.9. The number of hydrogen-bond acceptors (Lipinski definition) is 2. The number of aliphatic hydroxyl groups is 1. The van der Waals surface area contributed by atoms with E-state index in [1.165, 1.54) is 6.07 Å². The van der Waals surface area contributed by atoms with Gasteiger partial charge in [0.1, 0.15) is 11.6 Å². The number of rotatable bonds is 4. The molecule has 0 aliphatic rings. The van der Waals surface area contributed by atoms with Crippen LogP contribution in [0.25, 0.3) is 0 Å². The largest absolute Gasteiger partial charge is 0.496 e. The van der Waals surface area contributed by atoms with Gasteiger partial charge in [0.25, 0.3) is 0 Å². The Morgan fingerprint density at radius 3 is 2.65 bits per heavy atom. The molecule has 106 valence electrons. The lowest BCUT2D eigenvalue weighted by molar-refractivity contribution is 0.178. The molecule has 2 nitrogen and oxygen atoms in total. The van der Waals surface area contributed by atoms with Gasteiger partial charge in [-0.05, 0) is 61.2 Å². The maximum absolute atomic E-state index is 13.4. The number of aliphatic hydroxyl groups excluding tert-OH is 1. The Balaban J connectivity index is 2.21. The normalized spacial score (nSPS) is 12.2. The van der Waals surface area contributed by atoms with Crippen LogP contribution in [-0.4, -0.2) is 12.2 Å². The Morgan fingerprint density at radius 1 is 1.25 bits per heavy atom. The Bertz CT molecular complexity index is 617. The highest BCUT2D eigenvalue weighted by molar-refractivity contribution is 9.10. The minimum Gasteiger partial charge on any atom is -0.496 e. The molecule has 0 saturated heterocycles. The smallest absolute Gasteiger partial charge is 0.137 e. The Kier molecular flexibility index (Phi) is 5.18. The first kappa shape index (κ1) is 15.5. The zero-order valence-electron chi connectivity index (χ0n) is 10.7. The fraction of sp³-hybridized carbons (Fsp3) is 0.200. The molecule has 1 N–H and O–H groups in total. The van der Waals surface area contributed by atoms with Gasteiger partial charge in [0, 0.05) is 6.42 Å². The van der Waals surface area contributed by atoms with Gasteiger partial charge in [0.2, 0.25) is 0 Å². The summed E-state index contributed by atoms with van der Waals surface area (Å²) in [5.41, 5.74) is 1.47. The highest BCUT2D eigenvalue weighted by Gasteiger charge is 2.14. The van der Waals surface area contributed by atoms with E-state index in [9.17, 15) is 9.50 Å². The molecule has 0 bridgehead atoms. The summed E-state index contributed by atoms with van der Waals surface area (Å²) in [5, 5.41) is 10.3. The number of benzene rings is 2. The second kappa shape index (κ2) is 6.70. The molecule has 20 heavy (non-hydrogen) atoms. The molecule has 0 aliphatic carbocycles. The molecule has 0 aliphatic heterocycles. The van der Waals surface area contributed by atoms with Gasteiger partial charge in [-0.25, -0.2) is 4.39 Å². The lowest BCUT2D eigenvalue weighted by Crippen LogP contribution is -2.03. The molecule has 1 unspecified atom stereocenters. The average molecular weight is 404 g/mol. The standard InChI is InChI=1S/C15H13Br2FO2/c1-20-14-6-5-9(7-11(14)16)13(19)8-10-3-2-4-12(18)15(10)17/h2-7,13,19H,8H2,1H3. The monoisotopic (exact) mass is 402 g/mol. The minimum absolute atomic E-state index is 0.328. The minimum atomic E-state index is -0.713. The van der Waals surface area contributed by atoms with Crippen molar-refractivity contribution in [2.75, 3.05) is 7.11 Å². The molecule has 0 amide bonds. The van der Waals surface area contributed by atoms with Crippen molar-refractivity contribution in [2.24, 2.45) is 0 Å². The third-order valence-corrected chi connectivity index (χ3v) is 4.51. The van der Waals surface area contributed by atoms with Gasteiger partial charge in [-0.3, -0.25) is 0 Å². The molecule has 2 aromatic rings. The van der Waals surface area contributed by atoms with E-state index in [0.29, 0.717) is 16.6 Å². The summed E-state index contributed by atoms with van der Waals surface area (Å²) in [6, 6.07) is 10.2. The van der Waals surface area contributed by atoms with Crippen molar-refractivity contribution in [3.05, 3.63) is 62.3 Å². The third kappa shape index (κ3) is 3.40. The number of halogens is 3. The van der Waals surface area contributed by atoms with Crippen LogP contribution in [-0.2, 0) is 6.42 Å². The number of hydrogen-bond donors (Lipinski definition) is 1. The fourth-order valence-corrected chi connectivity index (χ4v) is 2.91. The van der Waals surface area contributed by atoms with Gasteiger partial charge in [0.05, 0.1) is 22.2 Å². The van der Waals surface area contributed by atoms with Crippen LogP contribution in [0.3, 0.4) is 0 Å². The maximum Gasteiger partial charge on any atom is 0.137 e. The third-order valence-electron chi connectivity index (χ3n) is 3.01.